The van der Waals surface area contributed by atoms with Crippen LogP contribution in [-0.4, -0.2) is 13.3 Å². The van der Waals surface area contributed by atoms with Gasteiger partial charge in [-0.15, -0.1) is 70.6 Å². The summed E-state index contributed by atoms with van der Waals surface area (Å²) in [5.74, 6) is 0. The molecular formula is C2H12Cl5P. The molecule has 0 radical (unpaired) electrons. The molecule has 0 nitrogen and oxygen atoms in total. The van der Waals surface area contributed by atoms with E-state index in [0.29, 0.717) is 0 Å². The van der Waals surface area contributed by atoms with E-state index in [4.69, 9.17) is 0 Å². The summed E-state index contributed by atoms with van der Waals surface area (Å²) < 4.78 is 0. The number of rotatable bonds is 0. The van der Waals surface area contributed by atoms with Gasteiger partial charge >= 0.3 is 0 Å². The Morgan fingerprint density at radius 2 is 0.625 bits per heavy atom. The summed E-state index contributed by atoms with van der Waals surface area (Å²) >= 11 is 0. The monoisotopic (exact) mass is 242 g/mol. The molecule has 0 aromatic carbocycles. The number of hydrogen-bond donors (Lipinski definition) is 0. The minimum absolute atomic E-state index is 0. The van der Waals surface area contributed by atoms with E-state index in [1.54, 1.807) is 0 Å². The molecule has 0 fully saturated rings. The zero-order chi connectivity index (χ0) is 2.71. The molecule has 0 aliphatic heterocycles. The van der Waals surface area contributed by atoms with Gasteiger partial charge in [-0.2, -0.15) is 0 Å². The van der Waals surface area contributed by atoms with Crippen molar-refractivity contribution in [3.8, 4) is 0 Å². The van der Waals surface area contributed by atoms with Gasteiger partial charge in [-0.3, -0.25) is 0 Å². The Bertz CT molecular complexity index is 10.4. The van der Waals surface area contributed by atoms with Crippen molar-refractivity contribution in [2.24, 2.45) is 0 Å². The maximum atomic E-state index is 2.15. The lowest BCUT2D eigenvalue weighted by molar-refractivity contribution is 2.32. The number of halogens is 5. The van der Waals surface area contributed by atoms with Crippen LogP contribution in [0.15, 0.2) is 0 Å². The molecule has 6 heteroatoms. The molecule has 0 aromatic rings. The Kier molecular flexibility index (Phi) is 430. The van der Waals surface area contributed by atoms with Crippen LogP contribution in [0.25, 0.3) is 0 Å². The van der Waals surface area contributed by atoms with Gasteiger partial charge in [0.1, 0.15) is 0 Å². The molecule has 0 aliphatic rings. The quantitative estimate of drug-likeness (QED) is 0.575. The molecule has 0 atom stereocenters. The minimum atomic E-state index is 0. The van der Waals surface area contributed by atoms with Gasteiger partial charge in [-0.25, -0.2) is 0 Å². The van der Waals surface area contributed by atoms with Gasteiger partial charge in [-0.05, 0) is 13.3 Å². The Morgan fingerprint density at radius 1 is 0.625 bits per heavy atom. The van der Waals surface area contributed by atoms with E-state index >= 15 is 0 Å². The van der Waals surface area contributed by atoms with Crippen LogP contribution in [0.2, 0.25) is 0 Å². The molecule has 0 N–H and O–H groups in total. The molecule has 0 heterocycles. The predicted molar refractivity (Wildman–Crippen MR) is 56.4 cm³/mol. The van der Waals surface area contributed by atoms with Crippen molar-refractivity contribution in [1.82, 2.24) is 0 Å². The largest absolute Gasteiger partial charge is 0.147 e. The van der Waals surface area contributed by atoms with Gasteiger partial charge in [0.05, 0.1) is 0 Å². The topological polar surface area (TPSA) is 0 Å². The van der Waals surface area contributed by atoms with Crippen molar-refractivity contribution < 1.29 is 0 Å². The van der Waals surface area contributed by atoms with E-state index in [2.05, 4.69) is 13.3 Å². The van der Waals surface area contributed by atoms with Gasteiger partial charge in [0.15, 0.2) is 0 Å². The Morgan fingerprint density at radius 3 is 0.625 bits per heavy atom. The molecule has 8 heavy (non-hydrogen) atoms. The van der Waals surface area contributed by atoms with Crippen molar-refractivity contribution in [2.75, 3.05) is 13.3 Å². The molecule has 0 saturated heterocycles. The highest BCUT2D eigenvalue weighted by Crippen LogP contribution is 1.84. The fourth-order valence-electron chi connectivity index (χ4n) is 0. The first-order valence-electron chi connectivity index (χ1n) is 1.00. The van der Waals surface area contributed by atoms with Gasteiger partial charge < -0.3 is 0 Å². The van der Waals surface area contributed by atoms with E-state index in [1.807, 2.05) is 0 Å². The third-order valence-corrected chi connectivity index (χ3v) is 0. The van der Waals surface area contributed by atoms with Crippen LogP contribution in [0.3, 0.4) is 0 Å². The van der Waals surface area contributed by atoms with Crippen LogP contribution in [-0.2, 0) is 0 Å². The van der Waals surface area contributed by atoms with Crippen LogP contribution < -0.4 is 0 Å². The highest BCUT2D eigenvalue weighted by molar-refractivity contribution is 7.35. The zero-order valence-corrected chi connectivity index (χ0v) is 9.62. The van der Waals surface area contributed by atoms with Crippen LogP contribution >= 0.6 is 70.6 Å². The van der Waals surface area contributed by atoms with E-state index in [0.717, 1.165) is 8.58 Å². The Balaban J connectivity index is -0.00000000200. The second-order valence-electron chi connectivity index (χ2n) is 0.500. The third-order valence-electron chi connectivity index (χ3n) is 0. The average molecular weight is 244 g/mol. The maximum absolute atomic E-state index is 2.15. The highest BCUT2D eigenvalue weighted by Gasteiger charge is 1.33. The molecule has 0 aromatic heterocycles. The molecule has 0 spiro atoms. The second-order valence-corrected chi connectivity index (χ2v) is 1.50. The summed E-state index contributed by atoms with van der Waals surface area (Å²) in [6.45, 7) is 4.31. The molecule has 60 valence electrons. The van der Waals surface area contributed by atoms with Crippen LogP contribution in [0.5, 0.6) is 0 Å². The zero-order valence-electron chi connectivity index (χ0n) is 4.54. The van der Waals surface area contributed by atoms with E-state index in [-0.39, 0.29) is 62.0 Å². The van der Waals surface area contributed by atoms with Gasteiger partial charge in [0.25, 0.3) is 0 Å². The lowest BCUT2D eigenvalue weighted by Gasteiger charge is -1.50. The van der Waals surface area contributed by atoms with Crippen molar-refractivity contribution in [2.45, 2.75) is 0 Å². The SMILES string of the molecule is CPC.Cl.Cl.Cl.Cl.Cl. The molecule has 0 aliphatic carbocycles. The molecule has 0 bridgehead atoms. The van der Waals surface area contributed by atoms with Crippen molar-refractivity contribution in [3.05, 3.63) is 0 Å². The summed E-state index contributed by atoms with van der Waals surface area (Å²) in [7, 11) is 1.08. The summed E-state index contributed by atoms with van der Waals surface area (Å²) in [6.07, 6.45) is 0. The highest BCUT2D eigenvalue weighted by atomic mass is 35.5. The Labute approximate surface area is 83.8 Å². The van der Waals surface area contributed by atoms with Crippen LogP contribution in [0, 0.1) is 0 Å². The van der Waals surface area contributed by atoms with E-state index < -0.39 is 0 Å². The van der Waals surface area contributed by atoms with Crippen molar-refractivity contribution in [3.63, 3.8) is 0 Å². The first-order valence-corrected chi connectivity index (χ1v) is 3.00. The molecule has 0 rings (SSSR count). The van der Waals surface area contributed by atoms with Gasteiger partial charge in [-0.1, -0.05) is 0 Å². The first kappa shape index (κ1) is 51.8. The van der Waals surface area contributed by atoms with Crippen molar-refractivity contribution >= 4 is 70.6 Å². The van der Waals surface area contributed by atoms with E-state index in [1.165, 1.54) is 0 Å². The maximum Gasteiger partial charge on any atom is -0.0475 e. The molecule has 0 saturated carbocycles. The van der Waals surface area contributed by atoms with Gasteiger partial charge in [0.2, 0.25) is 0 Å². The van der Waals surface area contributed by atoms with Crippen molar-refractivity contribution in [1.29, 1.82) is 0 Å². The molecule has 0 amide bonds. The van der Waals surface area contributed by atoms with Crippen LogP contribution in [0.1, 0.15) is 0 Å². The molecule has 0 unspecified atom stereocenters. The lowest BCUT2D eigenvalue weighted by Crippen LogP contribution is -1.18. The first-order chi connectivity index (χ1) is 1.41. The van der Waals surface area contributed by atoms with E-state index in [9.17, 15) is 0 Å². The number of hydrogen-bond acceptors (Lipinski definition) is 0. The fraction of sp³-hybridized carbons (Fsp3) is 1.00. The Hall–Kier alpha value is 1.88. The normalized spacial score (nSPS) is 2.25. The van der Waals surface area contributed by atoms with Crippen LogP contribution in [0.4, 0.5) is 0 Å². The summed E-state index contributed by atoms with van der Waals surface area (Å²) in [5.41, 5.74) is 0. The standard InChI is InChI=1S/C2H7P.5ClH/c1-3-2;;;;;/h3H,1-2H3;5*1H. The fourth-order valence-corrected chi connectivity index (χ4v) is 0. The van der Waals surface area contributed by atoms with Gasteiger partial charge in [0, 0.05) is 0 Å². The lowest BCUT2D eigenvalue weighted by atomic mass is 11.9. The summed E-state index contributed by atoms with van der Waals surface area (Å²) in [6, 6.07) is 0. The predicted octanol–water partition coefficient (Wildman–Crippen LogP) is 3.03. The smallest absolute Gasteiger partial charge is 0.0475 e. The second kappa shape index (κ2) is 66.5. The minimum Gasteiger partial charge on any atom is -0.147 e. The summed E-state index contributed by atoms with van der Waals surface area (Å²) in [4.78, 5) is 0. The third kappa shape index (κ3) is 106. The summed E-state index contributed by atoms with van der Waals surface area (Å²) in [5, 5.41) is 0. The molecular weight excluding hydrogens is 232 g/mol. The average Bonchev–Trinajstić information content (AvgIpc) is 0.918.